The molecule has 5 nitrogen and oxygen atoms in total. The molecule has 1 saturated heterocycles. The van der Waals surface area contributed by atoms with E-state index in [2.05, 4.69) is 10.2 Å². The fourth-order valence-electron chi connectivity index (χ4n) is 2.50. The van der Waals surface area contributed by atoms with Crippen molar-refractivity contribution in [2.24, 2.45) is 0 Å². The van der Waals surface area contributed by atoms with Gasteiger partial charge in [-0.05, 0) is 25.0 Å². The van der Waals surface area contributed by atoms with Gasteiger partial charge in [0.05, 0.1) is 6.04 Å². The molecule has 0 aliphatic carbocycles. The molecule has 1 atom stereocenters. The Bertz CT molecular complexity index is 562. The molecule has 3 heterocycles. The van der Waals surface area contributed by atoms with Gasteiger partial charge in [-0.25, -0.2) is 0 Å². The van der Waals surface area contributed by atoms with Gasteiger partial charge in [0.2, 0.25) is 5.91 Å². The maximum Gasteiger partial charge on any atom is 0.220 e. The van der Waals surface area contributed by atoms with Crippen LogP contribution in [0.5, 0.6) is 0 Å². The van der Waals surface area contributed by atoms with E-state index in [-0.39, 0.29) is 11.9 Å². The zero-order valence-corrected chi connectivity index (χ0v) is 9.71. The molecule has 1 fully saturated rings. The van der Waals surface area contributed by atoms with Gasteiger partial charge in [-0.3, -0.25) is 9.20 Å². The van der Waals surface area contributed by atoms with Crippen LogP contribution < -0.4 is 0 Å². The fraction of sp³-hybridized carbons (Fsp3) is 0.417. The molecule has 0 spiro atoms. The summed E-state index contributed by atoms with van der Waals surface area (Å²) in [5, 5.41) is 8.36. The fourth-order valence-corrected chi connectivity index (χ4v) is 2.50. The predicted molar refractivity (Wildman–Crippen MR) is 62.3 cm³/mol. The van der Waals surface area contributed by atoms with Crippen LogP contribution in [0.1, 0.15) is 31.6 Å². The van der Waals surface area contributed by atoms with Crippen molar-refractivity contribution < 1.29 is 4.79 Å². The van der Waals surface area contributed by atoms with Gasteiger partial charge in [0, 0.05) is 19.7 Å². The molecule has 0 radical (unpaired) electrons. The molecule has 88 valence electrons. The van der Waals surface area contributed by atoms with Crippen molar-refractivity contribution in [2.75, 3.05) is 6.54 Å². The van der Waals surface area contributed by atoms with Gasteiger partial charge in [-0.2, -0.15) is 0 Å². The average molecular weight is 230 g/mol. The van der Waals surface area contributed by atoms with Crippen LogP contribution in [0.4, 0.5) is 0 Å². The number of nitrogens with zero attached hydrogens (tertiary/aromatic N) is 4. The van der Waals surface area contributed by atoms with Gasteiger partial charge in [-0.15, -0.1) is 10.2 Å². The third-order valence-electron chi connectivity index (χ3n) is 3.30. The molecule has 5 heteroatoms. The number of likely N-dealkylation sites (tertiary alicyclic amines) is 1. The van der Waals surface area contributed by atoms with Crippen LogP contribution in [0, 0.1) is 0 Å². The Morgan fingerprint density at radius 3 is 3.12 bits per heavy atom. The normalized spacial score (nSPS) is 20.1. The van der Waals surface area contributed by atoms with E-state index in [1.54, 1.807) is 6.92 Å². The Morgan fingerprint density at radius 1 is 1.41 bits per heavy atom. The summed E-state index contributed by atoms with van der Waals surface area (Å²) in [6, 6.07) is 5.88. The summed E-state index contributed by atoms with van der Waals surface area (Å²) in [7, 11) is 0. The highest BCUT2D eigenvalue weighted by Crippen LogP contribution is 2.30. The van der Waals surface area contributed by atoms with Crippen molar-refractivity contribution >= 4 is 11.6 Å². The summed E-state index contributed by atoms with van der Waals surface area (Å²) in [4.78, 5) is 13.4. The quantitative estimate of drug-likeness (QED) is 0.744. The molecule has 1 aliphatic heterocycles. The van der Waals surface area contributed by atoms with E-state index < -0.39 is 0 Å². The predicted octanol–water partition coefficient (Wildman–Crippen LogP) is 1.41. The van der Waals surface area contributed by atoms with Gasteiger partial charge >= 0.3 is 0 Å². The van der Waals surface area contributed by atoms with Crippen LogP contribution in [0.15, 0.2) is 24.4 Å². The third-order valence-corrected chi connectivity index (χ3v) is 3.30. The van der Waals surface area contributed by atoms with E-state index in [1.807, 2.05) is 33.7 Å². The first kappa shape index (κ1) is 10.3. The van der Waals surface area contributed by atoms with Crippen molar-refractivity contribution in [1.82, 2.24) is 19.5 Å². The molecule has 1 amide bonds. The second-order valence-electron chi connectivity index (χ2n) is 4.36. The van der Waals surface area contributed by atoms with Crippen LogP contribution in [-0.4, -0.2) is 31.9 Å². The number of amides is 1. The van der Waals surface area contributed by atoms with E-state index in [1.165, 1.54) is 0 Å². The van der Waals surface area contributed by atoms with Gasteiger partial charge in [-0.1, -0.05) is 6.07 Å². The first-order chi connectivity index (χ1) is 8.27. The molecule has 2 aromatic rings. The second kappa shape index (κ2) is 3.84. The minimum atomic E-state index is 0.0740. The highest BCUT2D eigenvalue weighted by molar-refractivity contribution is 5.74. The van der Waals surface area contributed by atoms with Crippen LogP contribution in [0.2, 0.25) is 0 Å². The molecule has 0 aromatic carbocycles. The summed E-state index contributed by atoms with van der Waals surface area (Å²) in [5.74, 6) is 0.980. The lowest BCUT2D eigenvalue weighted by Crippen LogP contribution is -2.29. The number of rotatable bonds is 1. The number of aromatic nitrogens is 3. The lowest BCUT2D eigenvalue weighted by atomic mass is 10.2. The summed E-state index contributed by atoms with van der Waals surface area (Å²) in [6.45, 7) is 2.43. The number of fused-ring (bicyclic) bond motifs is 1. The summed E-state index contributed by atoms with van der Waals surface area (Å²) in [6.07, 6.45) is 3.95. The van der Waals surface area contributed by atoms with E-state index in [0.717, 1.165) is 30.9 Å². The maximum absolute atomic E-state index is 11.6. The molecule has 1 aliphatic rings. The molecular weight excluding hydrogens is 216 g/mol. The average Bonchev–Trinajstić information content (AvgIpc) is 2.94. The van der Waals surface area contributed by atoms with Crippen LogP contribution in [-0.2, 0) is 4.79 Å². The number of carbonyl (C=O) groups is 1. The van der Waals surface area contributed by atoms with Crippen LogP contribution in [0.3, 0.4) is 0 Å². The van der Waals surface area contributed by atoms with Gasteiger partial charge in [0.1, 0.15) is 0 Å². The number of carbonyl (C=O) groups excluding carboxylic acids is 1. The van der Waals surface area contributed by atoms with Gasteiger partial charge < -0.3 is 4.90 Å². The Kier molecular flexibility index (Phi) is 2.31. The molecule has 2 aromatic heterocycles. The van der Waals surface area contributed by atoms with Crippen molar-refractivity contribution in [3.63, 3.8) is 0 Å². The minimum absolute atomic E-state index is 0.0740. The van der Waals surface area contributed by atoms with Crippen LogP contribution in [0.25, 0.3) is 5.65 Å². The topological polar surface area (TPSA) is 50.5 Å². The lowest BCUT2D eigenvalue weighted by molar-refractivity contribution is -0.129. The second-order valence-corrected chi connectivity index (χ2v) is 4.36. The first-order valence-corrected chi connectivity index (χ1v) is 5.84. The van der Waals surface area contributed by atoms with E-state index in [0.29, 0.717) is 0 Å². The van der Waals surface area contributed by atoms with Crippen molar-refractivity contribution in [1.29, 1.82) is 0 Å². The van der Waals surface area contributed by atoms with Gasteiger partial charge in [0.25, 0.3) is 0 Å². The Balaban J connectivity index is 2.06. The van der Waals surface area contributed by atoms with E-state index in [4.69, 9.17) is 0 Å². The van der Waals surface area contributed by atoms with Crippen molar-refractivity contribution in [3.05, 3.63) is 30.2 Å². The van der Waals surface area contributed by atoms with Crippen molar-refractivity contribution in [3.8, 4) is 0 Å². The first-order valence-electron chi connectivity index (χ1n) is 5.84. The third kappa shape index (κ3) is 1.58. The number of hydrogen-bond donors (Lipinski definition) is 0. The lowest BCUT2D eigenvalue weighted by Gasteiger charge is -2.21. The zero-order chi connectivity index (χ0) is 11.8. The Hall–Kier alpha value is -1.91. The monoisotopic (exact) mass is 230 g/mol. The SMILES string of the molecule is CC(=O)N1CCCC1c1nnc2ccccn12. The molecule has 1 unspecified atom stereocenters. The number of hydrogen-bond acceptors (Lipinski definition) is 3. The van der Waals surface area contributed by atoms with Crippen LogP contribution >= 0.6 is 0 Å². The number of pyridine rings is 1. The van der Waals surface area contributed by atoms with Gasteiger partial charge in [0.15, 0.2) is 11.5 Å². The smallest absolute Gasteiger partial charge is 0.220 e. The maximum atomic E-state index is 11.6. The minimum Gasteiger partial charge on any atom is -0.333 e. The molecule has 0 N–H and O–H groups in total. The highest BCUT2D eigenvalue weighted by atomic mass is 16.2. The zero-order valence-electron chi connectivity index (χ0n) is 9.71. The molecule has 17 heavy (non-hydrogen) atoms. The Labute approximate surface area is 99.1 Å². The van der Waals surface area contributed by atoms with E-state index in [9.17, 15) is 4.79 Å². The largest absolute Gasteiger partial charge is 0.333 e. The highest BCUT2D eigenvalue weighted by Gasteiger charge is 2.31. The standard InChI is InChI=1S/C12H14N4O/c1-9(17)15-8-4-5-10(15)12-14-13-11-6-2-3-7-16(11)12/h2-3,6-7,10H,4-5,8H2,1H3. The molecule has 0 saturated carbocycles. The molecular formula is C12H14N4O. The van der Waals surface area contributed by atoms with Crippen molar-refractivity contribution in [2.45, 2.75) is 25.8 Å². The summed E-state index contributed by atoms with van der Waals surface area (Å²) < 4.78 is 1.96. The summed E-state index contributed by atoms with van der Waals surface area (Å²) in [5.41, 5.74) is 0.831. The molecule has 3 rings (SSSR count). The summed E-state index contributed by atoms with van der Waals surface area (Å²) >= 11 is 0. The van der Waals surface area contributed by atoms with E-state index >= 15 is 0 Å². The molecule has 0 bridgehead atoms. The Morgan fingerprint density at radius 2 is 2.29 bits per heavy atom.